The van der Waals surface area contributed by atoms with Gasteiger partial charge in [0.15, 0.2) is 0 Å². The molecule has 0 radical (unpaired) electrons. The second kappa shape index (κ2) is 6.05. The number of hydrogen-bond acceptors (Lipinski definition) is 3. The average molecular weight is 370 g/mol. The van der Waals surface area contributed by atoms with Crippen molar-refractivity contribution in [1.29, 1.82) is 0 Å². The molecule has 2 rings (SSSR count). The lowest BCUT2D eigenvalue weighted by atomic mass is 10.2. The molecule has 0 saturated carbocycles. The summed E-state index contributed by atoms with van der Waals surface area (Å²) in [6, 6.07) is 1.48. The minimum absolute atomic E-state index is 0.130. The molecule has 0 aliphatic carbocycles. The Kier molecular flexibility index (Phi) is 4.78. The highest BCUT2D eigenvalue weighted by atomic mass is 79.9. The molecule has 1 fully saturated rings. The smallest absolute Gasteiger partial charge is 0.246 e. The first kappa shape index (κ1) is 15.8. The Hall–Kier alpha value is -0.570. The number of nitrogens with zero attached hydrogens (tertiary/aromatic N) is 1. The standard InChI is InChI=1S/C12H14BrF2NO3S/c1-16(7-9-3-2-4-19-9)20(17,18)12-10(13)5-8(14)6-11(12)15/h5-6,9H,2-4,7H2,1H3. The van der Waals surface area contributed by atoms with Crippen LogP contribution in [0.3, 0.4) is 0 Å². The zero-order valence-electron chi connectivity index (χ0n) is 10.8. The van der Waals surface area contributed by atoms with E-state index in [2.05, 4.69) is 15.9 Å². The molecule has 1 aliphatic heterocycles. The highest BCUT2D eigenvalue weighted by Gasteiger charge is 2.30. The maximum atomic E-state index is 13.8. The van der Waals surface area contributed by atoms with Gasteiger partial charge in [-0.15, -0.1) is 0 Å². The number of benzene rings is 1. The number of ether oxygens (including phenoxy) is 1. The van der Waals surface area contributed by atoms with Crippen molar-refractivity contribution in [3.63, 3.8) is 0 Å². The SMILES string of the molecule is CN(CC1CCCO1)S(=O)(=O)c1c(F)cc(F)cc1Br. The molecule has 0 bridgehead atoms. The third kappa shape index (κ3) is 3.19. The first-order chi connectivity index (χ1) is 9.32. The summed E-state index contributed by atoms with van der Waals surface area (Å²) < 4.78 is 57.8. The van der Waals surface area contributed by atoms with Gasteiger partial charge in [0.25, 0.3) is 0 Å². The van der Waals surface area contributed by atoms with Gasteiger partial charge in [0.05, 0.1) is 6.10 Å². The van der Waals surface area contributed by atoms with Crippen molar-refractivity contribution in [2.75, 3.05) is 20.2 Å². The van der Waals surface area contributed by atoms with Crippen molar-refractivity contribution in [2.45, 2.75) is 23.8 Å². The first-order valence-corrected chi connectivity index (χ1v) is 8.28. The summed E-state index contributed by atoms with van der Waals surface area (Å²) in [4.78, 5) is -0.556. The van der Waals surface area contributed by atoms with E-state index in [-0.39, 0.29) is 17.1 Å². The Morgan fingerprint density at radius 1 is 1.45 bits per heavy atom. The van der Waals surface area contributed by atoms with Gasteiger partial charge in [0, 0.05) is 30.7 Å². The van der Waals surface area contributed by atoms with Gasteiger partial charge in [-0.3, -0.25) is 0 Å². The summed E-state index contributed by atoms with van der Waals surface area (Å²) in [6.45, 7) is 0.749. The van der Waals surface area contributed by atoms with Crippen LogP contribution in [-0.2, 0) is 14.8 Å². The molecule has 0 spiro atoms. The molecular weight excluding hydrogens is 356 g/mol. The average Bonchev–Trinajstić information content (AvgIpc) is 2.79. The van der Waals surface area contributed by atoms with Crippen LogP contribution in [0.15, 0.2) is 21.5 Å². The van der Waals surface area contributed by atoms with Crippen LogP contribution in [0.4, 0.5) is 8.78 Å². The number of halogens is 3. The number of hydrogen-bond donors (Lipinski definition) is 0. The van der Waals surface area contributed by atoms with E-state index in [1.54, 1.807) is 0 Å². The summed E-state index contributed by atoms with van der Waals surface area (Å²) in [6.07, 6.45) is 1.47. The lowest BCUT2D eigenvalue weighted by Gasteiger charge is -2.21. The van der Waals surface area contributed by atoms with Crippen molar-refractivity contribution in [2.24, 2.45) is 0 Å². The Balaban J connectivity index is 2.29. The molecule has 1 atom stereocenters. The molecule has 0 N–H and O–H groups in total. The van der Waals surface area contributed by atoms with Crippen LogP contribution in [0.1, 0.15) is 12.8 Å². The Morgan fingerprint density at radius 3 is 2.70 bits per heavy atom. The van der Waals surface area contributed by atoms with E-state index in [4.69, 9.17) is 4.74 Å². The highest BCUT2D eigenvalue weighted by Crippen LogP contribution is 2.29. The van der Waals surface area contributed by atoms with Crippen molar-refractivity contribution in [3.8, 4) is 0 Å². The fourth-order valence-corrected chi connectivity index (χ4v) is 4.41. The third-order valence-corrected chi connectivity index (χ3v) is 5.90. The van der Waals surface area contributed by atoms with Gasteiger partial charge in [-0.2, -0.15) is 4.31 Å². The second-order valence-electron chi connectivity index (χ2n) is 4.62. The van der Waals surface area contributed by atoms with Crippen molar-refractivity contribution in [1.82, 2.24) is 4.31 Å². The summed E-state index contributed by atoms with van der Waals surface area (Å²) in [5.74, 6) is -1.95. The minimum Gasteiger partial charge on any atom is -0.377 e. The summed E-state index contributed by atoms with van der Waals surface area (Å²) >= 11 is 2.90. The lowest BCUT2D eigenvalue weighted by Crippen LogP contribution is -2.34. The highest BCUT2D eigenvalue weighted by molar-refractivity contribution is 9.10. The number of rotatable bonds is 4. The molecule has 1 saturated heterocycles. The van der Waals surface area contributed by atoms with Gasteiger partial charge >= 0.3 is 0 Å². The lowest BCUT2D eigenvalue weighted by molar-refractivity contribution is 0.0978. The predicted molar refractivity (Wildman–Crippen MR) is 72.8 cm³/mol. The molecule has 0 amide bonds. The summed E-state index contributed by atoms with van der Waals surface area (Å²) in [7, 11) is -2.69. The Morgan fingerprint density at radius 2 is 2.15 bits per heavy atom. The van der Waals surface area contributed by atoms with Crippen LogP contribution in [0.25, 0.3) is 0 Å². The maximum absolute atomic E-state index is 13.8. The molecule has 0 aromatic heterocycles. The van der Waals surface area contributed by atoms with Gasteiger partial charge in [-0.1, -0.05) is 0 Å². The topological polar surface area (TPSA) is 46.6 Å². The third-order valence-electron chi connectivity index (χ3n) is 3.12. The normalized spacial score (nSPS) is 19.8. The Bertz CT molecular complexity index is 580. The maximum Gasteiger partial charge on any atom is 0.246 e. The molecule has 1 aliphatic rings. The molecular formula is C12H14BrF2NO3S. The molecule has 1 aromatic carbocycles. The van der Waals surface area contributed by atoms with Crippen molar-refractivity contribution < 1.29 is 21.9 Å². The van der Waals surface area contributed by atoms with E-state index in [0.717, 1.165) is 23.2 Å². The van der Waals surface area contributed by atoms with Crippen LogP contribution in [0.5, 0.6) is 0 Å². The summed E-state index contributed by atoms with van der Waals surface area (Å²) in [5.41, 5.74) is 0. The van der Waals surface area contributed by atoms with Crippen LogP contribution in [0, 0.1) is 11.6 Å². The molecule has 1 heterocycles. The summed E-state index contributed by atoms with van der Waals surface area (Å²) in [5, 5.41) is 0. The zero-order valence-corrected chi connectivity index (χ0v) is 13.2. The van der Waals surface area contributed by atoms with Crippen LogP contribution in [0.2, 0.25) is 0 Å². The van der Waals surface area contributed by atoms with Crippen LogP contribution >= 0.6 is 15.9 Å². The van der Waals surface area contributed by atoms with E-state index in [1.165, 1.54) is 7.05 Å². The van der Waals surface area contributed by atoms with E-state index >= 15 is 0 Å². The molecule has 4 nitrogen and oxygen atoms in total. The Labute approximate surface area is 124 Å². The number of likely N-dealkylation sites (N-methyl/N-ethyl adjacent to an activating group) is 1. The van der Waals surface area contributed by atoms with Crippen LogP contribution in [-0.4, -0.2) is 39.0 Å². The van der Waals surface area contributed by atoms with Gasteiger partial charge in [-0.25, -0.2) is 17.2 Å². The predicted octanol–water partition coefficient (Wildman–Crippen LogP) is 2.53. The van der Waals surface area contributed by atoms with Gasteiger partial charge in [-0.05, 0) is 34.8 Å². The number of sulfonamides is 1. The first-order valence-electron chi connectivity index (χ1n) is 6.05. The van der Waals surface area contributed by atoms with E-state index < -0.39 is 26.6 Å². The van der Waals surface area contributed by atoms with E-state index in [0.29, 0.717) is 12.7 Å². The zero-order chi connectivity index (χ0) is 14.9. The molecule has 1 aromatic rings. The molecule has 1 unspecified atom stereocenters. The second-order valence-corrected chi connectivity index (χ2v) is 7.46. The van der Waals surface area contributed by atoms with Crippen molar-refractivity contribution in [3.05, 3.63) is 28.2 Å². The monoisotopic (exact) mass is 369 g/mol. The molecule has 8 heteroatoms. The largest absolute Gasteiger partial charge is 0.377 e. The molecule has 20 heavy (non-hydrogen) atoms. The fraction of sp³-hybridized carbons (Fsp3) is 0.500. The quantitative estimate of drug-likeness (QED) is 0.819. The van der Waals surface area contributed by atoms with Crippen molar-refractivity contribution >= 4 is 26.0 Å². The molecule has 112 valence electrons. The fourth-order valence-electron chi connectivity index (χ4n) is 2.10. The van der Waals surface area contributed by atoms with Gasteiger partial charge in [0.1, 0.15) is 16.5 Å². The van der Waals surface area contributed by atoms with Gasteiger partial charge in [0.2, 0.25) is 10.0 Å². The van der Waals surface area contributed by atoms with Crippen LogP contribution < -0.4 is 0 Å². The van der Waals surface area contributed by atoms with E-state index in [1.807, 2.05) is 0 Å². The van der Waals surface area contributed by atoms with E-state index in [9.17, 15) is 17.2 Å². The minimum atomic E-state index is -4.04. The van der Waals surface area contributed by atoms with Gasteiger partial charge < -0.3 is 4.74 Å².